The lowest BCUT2D eigenvalue weighted by atomic mass is 10.1. The van der Waals surface area contributed by atoms with Crippen LogP contribution in [0, 0.1) is 0 Å². The SMILES string of the molecule is CCc1ccc(-c2cnc(C(N)c3ccccc3)o2)cc1. The summed E-state index contributed by atoms with van der Waals surface area (Å²) in [6, 6.07) is 17.8. The van der Waals surface area contributed by atoms with Crippen molar-refractivity contribution in [2.24, 2.45) is 5.73 Å². The van der Waals surface area contributed by atoms with Crippen molar-refractivity contribution in [2.75, 3.05) is 0 Å². The van der Waals surface area contributed by atoms with Gasteiger partial charge in [0.2, 0.25) is 5.89 Å². The number of nitrogens with zero attached hydrogens (tertiary/aromatic N) is 1. The van der Waals surface area contributed by atoms with Crippen LogP contribution in [0.15, 0.2) is 65.2 Å². The molecule has 0 aliphatic rings. The van der Waals surface area contributed by atoms with Crippen molar-refractivity contribution < 1.29 is 4.42 Å². The number of nitrogens with two attached hydrogens (primary N) is 1. The smallest absolute Gasteiger partial charge is 0.216 e. The fourth-order valence-corrected chi connectivity index (χ4v) is 2.27. The highest BCUT2D eigenvalue weighted by atomic mass is 16.4. The number of benzene rings is 2. The summed E-state index contributed by atoms with van der Waals surface area (Å²) in [5.41, 5.74) is 9.51. The van der Waals surface area contributed by atoms with Crippen molar-refractivity contribution in [3.8, 4) is 11.3 Å². The molecule has 1 unspecified atom stereocenters. The van der Waals surface area contributed by atoms with Crippen LogP contribution in [-0.4, -0.2) is 4.98 Å². The Morgan fingerprint density at radius 1 is 1.05 bits per heavy atom. The Kier molecular flexibility index (Phi) is 3.84. The van der Waals surface area contributed by atoms with Gasteiger partial charge in [-0.3, -0.25) is 0 Å². The second-order valence-electron chi connectivity index (χ2n) is 5.00. The molecular formula is C18H18N2O. The third-order valence-corrected chi connectivity index (χ3v) is 3.60. The van der Waals surface area contributed by atoms with Gasteiger partial charge in [0.1, 0.15) is 6.04 Å². The number of aryl methyl sites for hydroxylation is 1. The fourth-order valence-electron chi connectivity index (χ4n) is 2.27. The van der Waals surface area contributed by atoms with E-state index in [0.717, 1.165) is 23.3 Å². The monoisotopic (exact) mass is 278 g/mol. The van der Waals surface area contributed by atoms with E-state index in [0.29, 0.717) is 5.89 Å². The first-order valence-corrected chi connectivity index (χ1v) is 7.13. The largest absolute Gasteiger partial charge is 0.439 e. The molecule has 0 aliphatic heterocycles. The van der Waals surface area contributed by atoms with Crippen LogP contribution in [-0.2, 0) is 6.42 Å². The van der Waals surface area contributed by atoms with Crippen molar-refractivity contribution in [3.05, 3.63) is 77.8 Å². The van der Waals surface area contributed by atoms with Crippen LogP contribution < -0.4 is 5.73 Å². The molecule has 3 rings (SSSR count). The molecule has 1 aromatic heterocycles. The van der Waals surface area contributed by atoms with Gasteiger partial charge in [-0.05, 0) is 17.5 Å². The van der Waals surface area contributed by atoms with Crippen LogP contribution >= 0.6 is 0 Å². The minimum atomic E-state index is -0.338. The average Bonchev–Trinajstić information content (AvgIpc) is 3.05. The topological polar surface area (TPSA) is 52.0 Å². The van der Waals surface area contributed by atoms with E-state index in [2.05, 4.69) is 36.2 Å². The van der Waals surface area contributed by atoms with Gasteiger partial charge in [-0.25, -0.2) is 4.98 Å². The van der Waals surface area contributed by atoms with Crippen LogP contribution in [0.5, 0.6) is 0 Å². The van der Waals surface area contributed by atoms with Gasteiger partial charge < -0.3 is 10.2 Å². The molecule has 2 N–H and O–H groups in total. The zero-order chi connectivity index (χ0) is 14.7. The Morgan fingerprint density at radius 3 is 2.43 bits per heavy atom. The molecule has 1 atom stereocenters. The minimum absolute atomic E-state index is 0.338. The molecule has 3 nitrogen and oxygen atoms in total. The second-order valence-corrected chi connectivity index (χ2v) is 5.00. The predicted molar refractivity (Wildman–Crippen MR) is 83.8 cm³/mol. The molecule has 0 saturated heterocycles. The normalized spacial score (nSPS) is 12.3. The third-order valence-electron chi connectivity index (χ3n) is 3.60. The second kappa shape index (κ2) is 5.94. The molecule has 0 amide bonds. The molecule has 0 radical (unpaired) electrons. The Balaban J connectivity index is 1.85. The van der Waals surface area contributed by atoms with Gasteiger partial charge in [-0.1, -0.05) is 61.5 Å². The quantitative estimate of drug-likeness (QED) is 0.786. The molecule has 0 bridgehead atoms. The van der Waals surface area contributed by atoms with Crippen LogP contribution in [0.1, 0.15) is 30.0 Å². The Morgan fingerprint density at radius 2 is 1.76 bits per heavy atom. The van der Waals surface area contributed by atoms with E-state index in [1.807, 2.05) is 30.3 Å². The van der Waals surface area contributed by atoms with E-state index < -0.39 is 0 Å². The molecule has 21 heavy (non-hydrogen) atoms. The lowest BCUT2D eigenvalue weighted by Gasteiger charge is -2.07. The summed E-state index contributed by atoms with van der Waals surface area (Å²) in [4.78, 5) is 4.32. The molecule has 0 saturated carbocycles. The van der Waals surface area contributed by atoms with Crippen LogP contribution in [0.25, 0.3) is 11.3 Å². The van der Waals surface area contributed by atoms with E-state index in [-0.39, 0.29) is 6.04 Å². The number of hydrogen-bond acceptors (Lipinski definition) is 3. The van der Waals surface area contributed by atoms with E-state index >= 15 is 0 Å². The van der Waals surface area contributed by atoms with E-state index in [1.54, 1.807) is 6.20 Å². The Bertz CT molecular complexity index is 702. The average molecular weight is 278 g/mol. The maximum absolute atomic E-state index is 6.20. The van der Waals surface area contributed by atoms with E-state index in [9.17, 15) is 0 Å². The van der Waals surface area contributed by atoms with Crippen molar-refractivity contribution in [1.82, 2.24) is 4.98 Å². The lowest BCUT2D eigenvalue weighted by molar-refractivity contribution is 0.484. The molecule has 3 heteroatoms. The highest BCUT2D eigenvalue weighted by Crippen LogP contribution is 2.25. The number of hydrogen-bond donors (Lipinski definition) is 1. The van der Waals surface area contributed by atoms with Crippen LogP contribution in [0.2, 0.25) is 0 Å². The minimum Gasteiger partial charge on any atom is -0.439 e. The maximum Gasteiger partial charge on any atom is 0.216 e. The van der Waals surface area contributed by atoms with Crippen molar-refractivity contribution in [3.63, 3.8) is 0 Å². The third kappa shape index (κ3) is 2.88. The molecule has 1 heterocycles. The zero-order valence-corrected chi connectivity index (χ0v) is 12.0. The van der Waals surface area contributed by atoms with Gasteiger partial charge >= 0.3 is 0 Å². The van der Waals surface area contributed by atoms with Crippen molar-refractivity contribution in [1.29, 1.82) is 0 Å². The van der Waals surface area contributed by atoms with E-state index in [1.165, 1.54) is 5.56 Å². The lowest BCUT2D eigenvalue weighted by Crippen LogP contribution is -2.11. The molecule has 0 spiro atoms. The van der Waals surface area contributed by atoms with Gasteiger partial charge in [0.25, 0.3) is 0 Å². The Labute approximate surface area is 124 Å². The molecule has 2 aromatic carbocycles. The molecule has 0 aliphatic carbocycles. The summed E-state index contributed by atoms with van der Waals surface area (Å²) >= 11 is 0. The molecule has 3 aromatic rings. The summed E-state index contributed by atoms with van der Waals surface area (Å²) in [5, 5.41) is 0. The van der Waals surface area contributed by atoms with Gasteiger partial charge in [0, 0.05) is 5.56 Å². The van der Waals surface area contributed by atoms with Gasteiger partial charge in [0.05, 0.1) is 6.20 Å². The summed E-state index contributed by atoms with van der Waals surface area (Å²) < 4.78 is 5.82. The maximum atomic E-state index is 6.20. The summed E-state index contributed by atoms with van der Waals surface area (Å²) in [6.07, 6.45) is 2.76. The van der Waals surface area contributed by atoms with Crippen molar-refractivity contribution in [2.45, 2.75) is 19.4 Å². The van der Waals surface area contributed by atoms with Crippen LogP contribution in [0.3, 0.4) is 0 Å². The highest BCUT2D eigenvalue weighted by Gasteiger charge is 2.15. The van der Waals surface area contributed by atoms with Gasteiger partial charge in [-0.15, -0.1) is 0 Å². The fraction of sp³-hybridized carbons (Fsp3) is 0.167. The standard InChI is InChI=1S/C18H18N2O/c1-2-13-8-10-14(11-9-13)16-12-20-18(21-16)17(19)15-6-4-3-5-7-15/h3-12,17H,2,19H2,1H3. The first kappa shape index (κ1) is 13.6. The molecule has 0 fully saturated rings. The number of oxazole rings is 1. The zero-order valence-electron chi connectivity index (χ0n) is 12.0. The van der Waals surface area contributed by atoms with E-state index in [4.69, 9.17) is 10.2 Å². The van der Waals surface area contributed by atoms with Crippen molar-refractivity contribution >= 4 is 0 Å². The van der Waals surface area contributed by atoms with Crippen LogP contribution in [0.4, 0.5) is 0 Å². The first-order valence-electron chi connectivity index (χ1n) is 7.13. The number of aromatic nitrogens is 1. The molecule has 106 valence electrons. The first-order chi connectivity index (χ1) is 10.3. The summed E-state index contributed by atoms with van der Waals surface area (Å²) in [6.45, 7) is 2.14. The van der Waals surface area contributed by atoms with Gasteiger partial charge in [0.15, 0.2) is 5.76 Å². The highest BCUT2D eigenvalue weighted by molar-refractivity contribution is 5.56. The van der Waals surface area contributed by atoms with Gasteiger partial charge in [-0.2, -0.15) is 0 Å². The summed E-state index contributed by atoms with van der Waals surface area (Å²) in [7, 11) is 0. The predicted octanol–water partition coefficient (Wildman–Crippen LogP) is 3.95. The summed E-state index contributed by atoms with van der Waals surface area (Å²) in [5.74, 6) is 1.29. The Hall–Kier alpha value is -2.39. The number of rotatable bonds is 4. The molecular weight excluding hydrogens is 260 g/mol.